The average molecular weight is 350 g/mol. The van der Waals surface area contributed by atoms with Crippen LogP contribution in [0.15, 0.2) is 52.3 Å². The first-order valence-electron chi connectivity index (χ1n) is 6.89. The topological polar surface area (TPSA) is 42.2 Å². The van der Waals surface area contributed by atoms with Gasteiger partial charge in [-0.2, -0.15) is 0 Å². The Morgan fingerprint density at radius 3 is 2.78 bits per heavy atom. The molecule has 0 aliphatic heterocycles. The molecule has 3 nitrogen and oxygen atoms in total. The van der Waals surface area contributed by atoms with Crippen LogP contribution in [-0.2, 0) is 11.3 Å². The SMILES string of the molecule is Cc1c(Sc2cccc(Cl)c2)c2cc(F)ccc2n1CC(=O)O. The van der Waals surface area contributed by atoms with Gasteiger partial charge in [0.25, 0.3) is 0 Å². The smallest absolute Gasteiger partial charge is 0.323 e. The Morgan fingerprint density at radius 2 is 2.09 bits per heavy atom. The zero-order chi connectivity index (χ0) is 16.6. The molecule has 0 atom stereocenters. The molecular weight excluding hydrogens is 337 g/mol. The van der Waals surface area contributed by atoms with E-state index in [1.165, 1.54) is 23.9 Å². The van der Waals surface area contributed by atoms with E-state index in [2.05, 4.69) is 0 Å². The Labute approximate surface area is 141 Å². The van der Waals surface area contributed by atoms with Crippen molar-refractivity contribution in [3.63, 3.8) is 0 Å². The maximum Gasteiger partial charge on any atom is 0.323 e. The number of hydrogen-bond donors (Lipinski definition) is 1. The van der Waals surface area contributed by atoms with Crippen LogP contribution in [0.25, 0.3) is 10.9 Å². The van der Waals surface area contributed by atoms with Crippen molar-refractivity contribution in [2.75, 3.05) is 0 Å². The standard InChI is InChI=1S/C17H13ClFNO2S/c1-10-17(23-13-4-2-3-11(18)7-13)14-8-12(19)5-6-15(14)20(10)9-16(21)22/h2-8H,9H2,1H3,(H,21,22). The summed E-state index contributed by atoms with van der Waals surface area (Å²) in [5.41, 5.74) is 1.49. The Morgan fingerprint density at radius 1 is 1.30 bits per heavy atom. The maximum absolute atomic E-state index is 13.7. The van der Waals surface area contributed by atoms with E-state index >= 15 is 0 Å². The molecule has 3 rings (SSSR count). The lowest BCUT2D eigenvalue weighted by molar-refractivity contribution is -0.137. The molecule has 0 saturated heterocycles. The summed E-state index contributed by atoms with van der Waals surface area (Å²) in [6, 6.07) is 11.8. The zero-order valence-corrected chi connectivity index (χ0v) is 13.8. The number of fused-ring (bicyclic) bond motifs is 1. The first kappa shape index (κ1) is 15.9. The van der Waals surface area contributed by atoms with Crippen molar-refractivity contribution in [3.05, 3.63) is 59.0 Å². The minimum atomic E-state index is -0.936. The van der Waals surface area contributed by atoms with Gasteiger partial charge < -0.3 is 9.67 Å². The highest BCUT2D eigenvalue weighted by Crippen LogP contribution is 2.39. The average Bonchev–Trinajstić information content (AvgIpc) is 2.72. The molecule has 0 bridgehead atoms. The monoisotopic (exact) mass is 349 g/mol. The van der Waals surface area contributed by atoms with E-state index in [4.69, 9.17) is 16.7 Å². The van der Waals surface area contributed by atoms with Crippen LogP contribution in [-0.4, -0.2) is 15.6 Å². The fraction of sp³-hybridized carbons (Fsp3) is 0.118. The number of carboxylic acids is 1. The molecule has 0 aliphatic rings. The van der Waals surface area contributed by atoms with Crippen LogP contribution in [0.2, 0.25) is 5.02 Å². The molecule has 118 valence electrons. The Balaban J connectivity index is 2.16. The number of hydrogen-bond acceptors (Lipinski definition) is 2. The van der Waals surface area contributed by atoms with Crippen molar-refractivity contribution in [1.82, 2.24) is 4.57 Å². The maximum atomic E-state index is 13.7. The van der Waals surface area contributed by atoms with E-state index in [1.54, 1.807) is 16.7 Å². The van der Waals surface area contributed by atoms with Gasteiger partial charge in [-0.15, -0.1) is 0 Å². The van der Waals surface area contributed by atoms with Crippen molar-refractivity contribution in [1.29, 1.82) is 0 Å². The quantitative estimate of drug-likeness (QED) is 0.722. The normalized spacial score (nSPS) is 11.1. The summed E-state index contributed by atoms with van der Waals surface area (Å²) in [6.07, 6.45) is 0. The number of carbonyl (C=O) groups is 1. The molecule has 1 N–H and O–H groups in total. The van der Waals surface area contributed by atoms with E-state index in [1.807, 2.05) is 25.1 Å². The third-order valence-electron chi connectivity index (χ3n) is 3.54. The minimum absolute atomic E-state index is 0.163. The lowest BCUT2D eigenvalue weighted by atomic mass is 10.2. The molecule has 3 aromatic rings. The highest BCUT2D eigenvalue weighted by Gasteiger charge is 2.17. The molecule has 23 heavy (non-hydrogen) atoms. The Bertz CT molecular complexity index is 907. The highest BCUT2D eigenvalue weighted by atomic mass is 35.5. The molecule has 2 aromatic carbocycles. The first-order valence-corrected chi connectivity index (χ1v) is 8.08. The van der Waals surface area contributed by atoms with Crippen molar-refractivity contribution in [3.8, 4) is 0 Å². The van der Waals surface area contributed by atoms with Gasteiger partial charge in [0.1, 0.15) is 12.4 Å². The molecule has 0 saturated carbocycles. The third kappa shape index (κ3) is 3.21. The van der Waals surface area contributed by atoms with Gasteiger partial charge >= 0.3 is 5.97 Å². The third-order valence-corrected chi connectivity index (χ3v) is 4.98. The minimum Gasteiger partial charge on any atom is -0.480 e. The van der Waals surface area contributed by atoms with Crippen molar-refractivity contribution < 1.29 is 14.3 Å². The molecule has 0 unspecified atom stereocenters. The Kier molecular flexibility index (Phi) is 4.33. The van der Waals surface area contributed by atoms with E-state index in [0.29, 0.717) is 15.9 Å². The second-order valence-corrected chi connectivity index (χ2v) is 6.64. The fourth-order valence-electron chi connectivity index (χ4n) is 2.54. The first-order chi connectivity index (χ1) is 11.0. The number of aliphatic carboxylic acids is 1. The van der Waals surface area contributed by atoms with Gasteiger partial charge in [0.15, 0.2) is 0 Å². The lowest BCUT2D eigenvalue weighted by Gasteiger charge is -2.05. The van der Waals surface area contributed by atoms with Crippen LogP contribution in [0.1, 0.15) is 5.69 Å². The number of nitrogens with zero attached hydrogens (tertiary/aromatic N) is 1. The van der Waals surface area contributed by atoms with Crippen molar-refractivity contribution >= 4 is 40.2 Å². The highest BCUT2D eigenvalue weighted by molar-refractivity contribution is 7.99. The molecule has 0 aliphatic carbocycles. The van der Waals surface area contributed by atoms with Gasteiger partial charge in [-0.3, -0.25) is 4.79 Å². The van der Waals surface area contributed by atoms with Crippen LogP contribution in [0.3, 0.4) is 0 Å². The molecule has 0 spiro atoms. The van der Waals surface area contributed by atoms with E-state index in [9.17, 15) is 9.18 Å². The van der Waals surface area contributed by atoms with E-state index in [0.717, 1.165) is 15.5 Å². The zero-order valence-electron chi connectivity index (χ0n) is 12.2. The van der Waals surface area contributed by atoms with Gasteiger partial charge in [0.2, 0.25) is 0 Å². The molecular formula is C17H13ClFNO2S. The molecule has 0 fully saturated rings. The molecule has 0 amide bonds. The predicted molar refractivity (Wildman–Crippen MR) is 89.8 cm³/mol. The van der Waals surface area contributed by atoms with Crippen LogP contribution in [0.4, 0.5) is 4.39 Å². The summed E-state index contributed by atoms with van der Waals surface area (Å²) in [4.78, 5) is 12.9. The van der Waals surface area contributed by atoms with Crippen LogP contribution >= 0.6 is 23.4 Å². The predicted octanol–water partition coefficient (Wildman–Crippen LogP) is 4.98. The van der Waals surface area contributed by atoms with Gasteiger partial charge in [0.05, 0.1) is 5.52 Å². The van der Waals surface area contributed by atoms with Crippen LogP contribution in [0, 0.1) is 12.7 Å². The molecule has 0 radical (unpaired) electrons. The van der Waals surface area contributed by atoms with Gasteiger partial charge in [-0.1, -0.05) is 29.4 Å². The second-order valence-electron chi connectivity index (χ2n) is 5.12. The summed E-state index contributed by atoms with van der Waals surface area (Å²) in [7, 11) is 0. The second kappa shape index (κ2) is 6.26. The molecule has 1 aromatic heterocycles. The largest absolute Gasteiger partial charge is 0.480 e. The Hall–Kier alpha value is -1.98. The van der Waals surface area contributed by atoms with Crippen LogP contribution < -0.4 is 0 Å². The molecule has 6 heteroatoms. The van der Waals surface area contributed by atoms with E-state index in [-0.39, 0.29) is 12.4 Å². The van der Waals surface area contributed by atoms with Gasteiger partial charge in [-0.25, -0.2) is 4.39 Å². The van der Waals surface area contributed by atoms with Crippen LogP contribution in [0.5, 0.6) is 0 Å². The summed E-state index contributed by atoms with van der Waals surface area (Å²) in [5, 5.41) is 10.4. The number of aromatic nitrogens is 1. The van der Waals surface area contributed by atoms with E-state index < -0.39 is 5.97 Å². The van der Waals surface area contributed by atoms with Gasteiger partial charge in [-0.05, 0) is 43.3 Å². The summed E-state index contributed by atoms with van der Waals surface area (Å²) < 4.78 is 15.4. The lowest BCUT2D eigenvalue weighted by Crippen LogP contribution is -2.09. The molecule has 1 heterocycles. The number of carboxylic acid groups (broad SMARTS) is 1. The van der Waals surface area contributed by atoms with Crippen molar-refractivity contribution in [2.45, 2.75) is 23.3 Å². The number of benzene rings is 2. The number of rotatable bonds is 4. The fourth-order valence-corrected chi connectivity index (χ4v) is 3.89. The summed E-state index contributed by atoms with van der Waals surface area (Å²) in [5.74, 6) is -1.29. The summed E-state index contributed by atoms with van der Waals surface area (Å²) in [6.45, 7) is 1.68. The van der Waals surface area contributed by atoms with Crippen molar-refractivity contribution in [2.24, 2.45) is 0 Å². The summed E-state index contributed by atoms with van der Waals surface area (Å²) >= 11 is 7.46. The van der Waals surface area contributed by atoms with Gasteiger partial charge in [0, 0.05) is 25.9 Å². The number of halogens is 2.